The van der Waals surface area contributed by atoms with Crippen LogP contribution in [0.3, 0.4) is 0 Å². The molecule has 0 spiro atoms. The van der Waals surface area contributed by atoms with E-state index < -0.39 is 0 Å². The maximum Gasteiger partial charge on any atom is 0.268 e. The molecule has 0 saturated heterocycles. The summed E-state index contributed by atoms with van der Waals surface area (Å²) in [5.74, 6) is -0.0565. The summed E-state index contributed by atoms with van der Waals surface area (Å²) in [5, 5.41) is 5.49. The van der Waals surface area contributed by atoms with Gasteiger partial charge in [-0.2, -0.15) is 0 Å². The van der Waals surface area contributed by atoms with Crippen LogP contribution >= 0.6 is 11.3 Å². The Morgan fingerprint density at radius 3 is 3.05 bits per heavy atom. The Morgan fingerprint density at radius 2 is 2.24 bits per heavy atom. The van der Waals surface area contributed by atoms with E-state index in [1.165, 1.54) is 11.3 Å². The summed E-state index contributed by atoms with van der Waals surface area (Å²) in [6.45, 7) is 0.621. The first-order chi connectivity index (χ1) is 10.2. The Hall–Kier alpha value is -2.34. The van der Waals surface area contributed by atoms with E-state index in [9.17, 15) is 4.79 Å². The van der Waals surface area contributed by atoms with Gasteiger partial charge in [0.1, 0.15) is 5.69 Å². The minimum atomic E-state index is -0.0565. The number of amides is 1. The summed E-state index contributed by atoms with van der Waals surface area (Å²) in [5.41, 5.74) is 8.24. The molecule has 108 valence electrons. The lowest BCUT2D eigenvalue weighted by atomic mass is 10.2. The van der Waals surface area contributed by atoms with E-state index in [1.54, 1.807) is 0 Å². The highest BCUT2D eigenvalue weighted by Gasteiger charge is 2.09. The molecule has 3 N–H and O–H groups in total. The standard InChI is InChI=1S/C15H16N4OS/c16-15-18-11(10-21-15)4-3-8-17-14(20)13-7-6-12-5-1-2-9-19(12)13/h1-2,5-7,9-10H,3-4,8H2,(H2,16,18)(H,17,20). The summed E-state index contributed by atoms with van der Waals surface area (Å²) < 4.78 is 1.89. The molecule has 0 saturated carbocycles. The average molecular weight is 300 g/mol. The molecule has 5 nitrogen and oxygen atoms in total. The Labute approximate surface area is 126 Å². The molecule has 0 aromatic carbocycles. The first-order valence-electron chi connectivity index (χ1n) is 6.78. The van der Waals surface area contributed by atoms with Crippen LogP contribution in [0.5, 0.6) is 0 Å². The van der Waals surface area contributed by atoms with Gasteiger partial charge in [0.15, 0.2) is 5.13 Å². The minimum Gasteiger partial charge on any atom is -0.375 e. The molecule has 3 heterocycles. The number of fused-ring (bicyclic) bond motifs is 1. The number of hydrogen-bond acceptors (Lipinski definition) is 4. The first kappa shape index (κ1) is 13.6. The quantitative estimate of drug-likeness (QED) is 0.710. The Morgan fingerprint density at radius 1 is 1.33 bits per heavy atom. The highest BCUT2D eigenvalue weighted by molar-refractivity contribution is 7.13. The van der Waals surface area contributed by atoms with Crippen molar-refractivity contribution >= 4 is 27.9 Å². The zero-order valence-corrected chi connectivity index (χ0v) is 12.3. The molecule has 0 fully saturated rings. The van der Waals surface area contributed by atoms with Gasteiger partial charge in [-0.15, -0.1) is 11.3 Å². The van der Waals surface area contributed by atoms with Crippen LogP contribution in [0.1, 0.15) is 22.6 Å². The van der Waals surface area contributed by atoms with Crippen molar-refractivity contribution in [2.75, 3.05) is 12.3 Å². The van der Waals surface area contributed by atoms with E-state index in [2.05, 4.69) is 10.3 Å². The number of carbonyl (C=O) groups is 1. The van der Waals surface area contributed by atoms with Gasteiger partial charge in [-0.3, -0.25) is 4.79 Å². The van der Waals surface area contributed by atoms with E-state index in [0.717, 1.165) is 24.1 Å². The van der Waals surface area contributed by atoms with E-state index in [4.69, 9.17) is 5.73 Å². The van der Waals surface area contributed by atoms with Crippen LogP contribution in [0.2, 0.25) is 0 Å². The van der Waals surface area contributed by atoms with E-state index in [0.29, 0.717) is 17.4 Å². The van der Waals surface area contributed by atoms with Crippen LogP contribution in [-0.4, -0.2) is 21.8 Å². The van der Waals surface area contributed by atoms with E-state index >= 15 is 0 Å². The molecule has 6 heteroatoms. The fourth-order valence-corrected chi connectivity index (χ4v) is 2.84. The van der Waals surface area contributed by atoms with Gasteiger partial charge in [-0.1, -0.05) is 6.07 Å². The monoisotopic (exact) mass is 300 g/mol. The normalized spacial score (nSPS) is 10.9. The average Bonchev–Trinajstić information content (AvgIpc) is 3.09. The summed E-state index contributed by atoms with van der Waals surface area (Å²) >= 11 is 1.44. The van der Waals surface area contributed by atoms with Crippen LogP contribution in [0.25, 0.3) is 5.52 Å². The second-order valence-electron chi connectivity index (χ2n) is 4.75. The third-order valence-electron chi connectivity index (χ3n) is 3.26. The van der Waals surface area contributed by atoms with Crippen molar-refractivity contribution < 1.29 is 4.79 Å². The molecular formula is C15H16N4OS. The Kier molecular flexibility index (Phi) is 3.87. The second-order valence-corrected chi connectivity index (χ2v) is 5.64. The SMILES string of the molecule is Nc1nc(CCCNC(=O)c2ccc3ccccn23)cs1. The van der Waals surface area contributed by atoms with Crippen molar-refractivity contribution in [3.8, 4) is 0 Å². The third kappa shape index (κ3) is 3.05. The number of aryl methyl sites for hydroxylation is 1. The van der Waals surface area contributed by atoms with Gasteiger partial charge < -0.3 is 15.5 Å². The van der Waals surface area contributed by atoms with Gasteiger partial charge >= 0.3 is 0 Å². The maximum absolute atomic E-state index is 12.2. The maximum atomic E-state index is 12.2. The molecule has 0 aliphatic heterocycles. The topological polar surface area (TPSA) is 72.4 Å². The number of nitrogens with one attached hydrogen (secondary N) is 1. The lowest BCUT2D eigenvalue weighted by Crippen LogP contribution is -2.26. The summed E-state index contributed by atoms with van der Waals surface area (Å²) in [6, 6.07) is 9.62. The molecule has 3 rings (SSSR count). The van der Waals surface area contributed by atoms with Gasteiger partial charge in [-0.25, -0.2) is 4.98 Å². The molecule has 3 aromatic rings. The van der Waals surface area contributed by atoms with Crippen LogP contribution in [-0.2, 0) is 6.42 Å². The molecular weight excluding hydrogens is 284 g/mol. The number of pyridine rings is 1. The predicted octanol–water partition coefficient (Wildman–Crippen LogP) is 2.34. The summed E-state index contributed by atoms with van der Waals surface area (Å²) in [4.78, 5) is 16.4. The number of nitrogen functional groups attached to an aromatic ring is 1. The second kappa shape index (κ2) is 5.97. The molecule has 0 unspecified atom stereocenters. The summed E-state index contributed by atoms with van der Waals surface area (Å²) in [7, 11) is 0. The minimum absolute atomic E-state index is 0.0565. The molecule has 0 atom stereocenters. The smallest absolute Gasteiger partial charge is 0.268 e. The molecule has 3 aromatic heterocycles. The number of hydrogen-bond donors (Lipinski definition) is 2. The van der Waals surface area contributed by atoms with Gasteiger partial charge in [0, 0.05) is 23.6 Å². The molecule has 0 aliphatic rings. The Bertz CT molecular complexity index is 762. The fraction of sp³-hybridized carbons (Fsp3) is 0.200. The molecule has 0 bridgehead atoms. The lowest BCUT2D eigenvalue weighted by molar-refractivity contribution is 0.0947. The van der Waals surface area contributed by atoms with Crippen LogP contribution in [0, 0.1) is 0 Å². The number of rotatable bonds is 5. The van der Waals surface area contributed by atoms with Gasteiger partial charge in [-0.05, 0) is 37.1 Å². The molecule has 0 aliphatic carbocycles. The van der Waals surface area contributed by atoms with Crippen molar-refractivity contribution in [3.63, 3.8) is 0 Å². The molecule has 1 amide bonds. The number of anilines is 1. The van der Waals surface area contributed by atoms with Crippen LogP contribution in [0.4, 0.5) is 5.13 Å². The van der Waals surface area contributed by atoms with Crippen molar-refractivity contribution in [1.29, 1.82) is 0 Å². The largest absolute Gasteiger partial charge is 0.375 e. The zero-order chi connectivity index (χ0) is 14.7. The number of carbonyl (C=O) groups excluding carboxylic acids is 1. The lowest BCUT2D eigenvalue weighted by Gasteiger charge is -2.05. The van der Waals surface area contributed by atoms with E-state index in [-0.39, 0.29) is 5.91 Å². The number of nitrogens with zero attached hydrogens (tertiary/aromatic N) is 2. The van der Waals surface area contributed by atoms with E-state index in [1.807, 2.05) is 46.3 Å². The number of aromatic nitrogens is 2. The molecule has 21 heavy (non-hydrogen) atoms. The van der Waals surface area contributed by atoms with Crippen molar-refractivity contribution in [1.82, 2.24) is 14.7 Å². The fourth-order valence-electron chi connectivity index (χ4n) is 2.24. The number of thiazole rings is 1. The highest BCUT2D eigenvalue weighted by Crippen LogP contribution is 2.12. The highest BCUT2D eigenvalue weighted by atomic mass is 32.1. The zero-order valence-electron chi connectivity index (χ0n) is 11.5. The van der Waals surface area contributed by atoms with Crippen molar-refractivity contribution in [2.24, 2.45) is 0 Å². The van der Waals surface area contributed by atoms with Crippen LogP contribution < -0.4 is 11.1 Å². The van der Waals surface area contributed by atoms with Gasteiger partial charge in [0.2, 0.25) is 0 Å². The van der Waals surface area contributed by atoms with Crippen molar-refractivity contribution in [3.05, 3.63) is 53.3 Å². The summed E-state index contributed by atoms with van der Waals surface area (Å²) in [6.07, 6.45) is 3.56. The van der Waals surface area contributed by atoms with Crippen LogP contribution in [0.15, 0.2) is 41.9 Å². The number of nitrogens with two attached hydrogens (primary N) is 1. The van der Waals surface area contributed by atoms with Gasteiger partial charge in [0.05, 0.1) is 5.69 Å². The third-order valence-corrected chi connectivity index (χ3v) is 3.98. The molecule has 0 radical (unpaired) electrons. The Balaban J connectivity index is 1.54. The first-order valence-corrected chi connectivity index (χ1v) is 7.66. The predicted molar refractivity (Wildman–Crippen MR) is 84.6 cm³/mol. The van der Waals surface area contributed by atoms with Gasteiger partial charge in [0.25, 0.3) is 5.91 Å². The van der Waals surface area contributed by atoms with Crippen molar-refractivity contribution in [2.45, 2.75) is 12.8 Å².